The maximum absolute atomic E-state index is 14.6. The maximum Gasteiger partial charge on any atom is 0.340 e. The van der Waals surface area contributed by atoms with Gasteiger partial charge in [-0.25, -0.2) is 23.3 Å². The Morgan fingerprint density at radius 1 is 1.16 bits per heavy atom. The maximum atomic E-state index is 14.6. The molecule has 12 heteroatoms. The third-order valence-electron chi connectivity index (χ3n) is 4.46. The number of esters is 2. The number of rotatable bonds is 7. The Hall–Kier alpha value is -2.79. The van der Waals surface area contributed by atoms with Crippen LogP contribution in [0, 0.1) is 10.6 Å². The minimum absolute atomic E-state index is 0.0648. The molecule has 168 valence electrons. The molecule has 0 spiro atoms. The van der Waals surface area contributed by atoms with Crippen LogP contribution >= 0.6 is 23.8 Å². The summed E-state index contributed by atoms with van der Waals surface area (Å²) < 4.78 is 27.2. The van der Waals surface area contributed by atoms with Crippen LogP contribution in [0.2, 0.25) is 5.02 Å². The average Bonchev–Trinajstić information content (AvgIpc) is 2.71. The Kier molecular flexibility index (Phi) is 7.91. The highest BCUT2D eigenvalue weighted by molar-refractivity contribution is 7.71. The summed E-state index contributed by atoms with van der Waals surface area (Å²) >= 11 is 11.0. The second-order valence-electron chi connectivity index (χ2n) is 6.53. The summed E-state index contributed by atoms with van der Waals surface area (Å²) in [5, 5.41) is -0.286. The molecule has 31 heavy (non-hydrogen) atoms. The van der Waals surface area contributed by atoms with Gasteiger partial charge in [0.15, 0.2) is 4.77 Å². The molecule has 0 aliphatic rings. The third-order valence-corrected chi connectivity index (χ3v) is 5.32. The van der Waals surface area contributed by atoms with Crippen LogP contribution < -0.4 is 11.4 Å². The van der Waals surface area contributed by atoms with E-state index in [1.807, 2.05) is 0 Å². The number of carbonyl (C=O) groups is 2. The van der Waals surface area contributed by atoms with E-state index < -0.39 is 40.9 Å². The molecule has 1 aromatic carbocycles. The van der Waals surface area contributed by atoms with Crippen molar-refractivity contribution in [1.82, 2.24) is 13.7 Å². The normalized spacial score (nSPS) is 11.8. The minimum atomic E-state index is -1.00. The van der Waals surface area contributed by atoms with Crippen molar-refractivity contribution in [1.29, 1.82) is 0 Å². The van der Waals surface area contributed by atoms with Crippen molar-refractivity contribution in [3.8, 4) is 5.69 Å². The lowest BCUT2D eigenvalue weighted by Crippen LogP contribution is -2.43. The summed E-state index contributed by atoms with van der Waals surface area (Å²) in [7, 11) is 2.65. The zero-order valence-electron chi connectivity index (χ0n) is 17.3. The average molecular weight is 474 g/mol. The van der Waals surface area contributed by atoms with Crippen LogP contribution in [0.1, 0.15) is 37.0 Å². The van der Waals surface area contributed by atoms with Gasteiger partial charge in [-0.3, -0.25) is 13.9 Å². The molecule has 0 fully saturated rings. The van der Waals surface area contributed by atoms with Gasteiger partial charge in [0.1, 0.15) is 11.9 Å². The smallest absolute Gasteiger partial charge is 0.340 e. The van der Waals surface area contributed by atoms with Crippen LogP contribution in [0.3, 0.4) is 0 Å². The van der Waals surface area contributed by atoms with E-state index in [9.17, 15) is 23.6 Å². The molecule has 2 rings (SSSR count). The van der Waals surface area contributed by atoms with Gasteiger partial charge in [-0.05, 0) is 37.7 Å². The molecular weight excluding hydrogens is 453 g/mol. The summed E-state index contributed by atoms with van der Waals surface area (Å²) in [6, 6.07) is 1.75. The first-order valence-corrected chi connectivity index (χ1v) is 10.1. The number of hydrogen-bond acceptors (Lipinski definition) is 7. The Balaban J connectivity index is 2.53. The van der Waals surface area contributed by atoms with Crippen molar-refractivity contribution in [2.24, 2.45) is 14.1 Å². The molecule has 1 unspecified atom stereocenters. The number of nitrogens with zero attached hydrogens (tertiary/aromatic N) is 3. The van der Waals surface area contributed by atoms with Crippen LogP contribution in [-0.2, 0) is 28.4 Å². The van der Waals surface area contributed by atoms with Crippen molar-refractivity contribution in [3.05, 3.63) is 54.3 Å². The summed E-state index contributed by atoms with van der Waals surface area (Å²) in [6.07, 6.45) is -0.659. The molecule has 0 amide bonds. The van der Waals surface area contributed by atoms with E-state index in [0.717, 1.165) is 21.3 Å². The molecule has 1 atom stereocenters. The van der Waals surface area contributed by atoms with Crippen LogP contribution in [0.5, 0.6) is 0 Å². The zero-order chi connectivity index (χ0) is 23.5. The van der Waals surface area contributed by atoms with Crippen LogP contribution in [0.15, 0.2) is 21.7 Å². The Labute approximate surface area is 186 Å². The largest absolute Gasteiger partial charge is 0.466 e. The van der Waals surface area contributed by atoms with E-state index in [0.29, 0.717) is 11.0 Å². The highest BCUT2D eigenvalue weighted by Crippen LogP contribution is 2.24. The van der Waals surface area contributed by atoms with Crippen LogP contribution in [-0.4, -0.2) is 38.4 Å². The molecular formula is C19H21ClFN3O6S. The highest BCUT2D eigenvalue weighted by atomic mass is 35.5. The second kappa shape index (κ2) is 10.0. The lowest BCUT2D eigenvalue weighted by Gasteiger charge is -2.17. The lowest BCUT2D eigenvalue weighted by molar-refractivity contribution is -0.145. The van der Waals surface area contributed by atoms with Gasteiger partial charge in [-0.1, -0.05) is 18.5 Å². The van der Waals surface area contributed by atoms with Crippen LogP contribution in [0.4, 0.5) is 4.39 Å². The number of hydrogen-bond donors (Lipinski definition) is 0. The molecule has 0 N–H and O–H groups in total. The van der Waals surface area contributed by atoms with Crippen molar-refractivity contribution in [3.63, 3.8) is 0 Å². The molecule has 0 aliphatic carbocycles. The SMILES string of the molecule is CCOC(=O)CC(CC)OC(=O)c1cc(-n2c(=O)n(C)c(=S)n(C)c2=O)c(F)cc1Cl. The molecule has 0 radical (unpaired) electrons. The van der Waals surface area contributed by atoms with Gasteiger partial charge in [0.2, 0.25) is 0 Å². The number of ether oxygens (including phenoxy) is 2. The first-order valence-electron chi connectivity index (χ1n) is 9.28. The van der Waals surface area contributed by atoms with E-state index in [2.05, 4.69) is 0 Å². The molecule has 0 saturated carbocycles. The predicted octanol–water partition coefficient (Wildman–Crippen LogP) is 2.29. The number of aromatic nitrogens is 3. The van der Waals surface area contributed by atoms with Crippen molar-refractivity contribution < 1.29 is 23.5 Å². The van der Waals surface area contributed by atoms with Crippen LogP contribution in [0.25, 0.3) is 5.69 Å². The Morgan fingerprint density at radius 3 is 2.26 bits per heavy atom. The quantitative estimate of drug-likeness (QED) is 0.449. The van der Waals surface area contributed by atoms with E-state index in [-0.39, 0.29) is 28.4 Å². The number of halogens is 2. The molecule has 0 aliphatic heterocycles. The van der Waals surface area contributed by atoms with Gasteiger partial charge in [-0.15, -0.1) is 0 Å². The van der Waals surface area contributed by atoms with Crippen molar-refractivity contribution in [2.45, 2.75) is 32.8 Å². The van der Waals surface area contributed by atoms with Crippen molar-refractivity contribution in [2.75, 3.05) is 6.61 Å². The first-order chi connectivity index (χ1) is 14.5. The minimum Gasteiger partial charge on any atom is -0.466 e. The first kappa shape index (κ1) is 24.5. The third kappa shape index (κ3) is 5.10. The Bertz CT molecular complexity index is 1160. The van der Waals surface area contributed by atoms with E-state index in [1.165, 1.54) is 14.1 Å². The summed E-state index contributed by atoms with van der Waals surface area (Å²) in [5.74, 6) is -2.49. The topological polar surface area (TPSA) is 102 Å². The van der Waals surface area contributed by atoms with Gasteiger partial charge < -0.3 is 9.47 Å². The Morgan fingerprint density at radius 2 is 1.74 bits per heavy atom. The second-order valence-corrected chi connectivity index (χ2v) is 7.30. The summed E-state index contributed by atoms with van der Waals surface area (Å²) in [6.45, 7) is 3.53. The van der Waals surface area contributed by atoms with E-state index >= 15 is 0 Å². The summed E-state index contributed by atoms with van der Waals surface area (Å²) in [4.78, 5) is 49.5. The highest BCUT2D eigenvalue weighted by Gasteiger charge is 2.24. The van der Waals surface area contributed by atoms with Gasteiger partial charge in [0, 0.05) is 14.1 Å². The zero-order valence-corrected chi connectivity index (χ0v) is 18.9. The van der Waals surface area contributed by atoms with Gasteiger partial charge in [0.05, 0.1) is 29.3 Å². The summed E-state index contributed by atoms with van der Waals surface area (Å²) in [5.41, 5.74) is -2.57. The monoisotopic (exact) mass is 473 g/mol. The van der Waals surface area contributed by atoms with E-state index in [4.69, 9.17) is 33.3 Å². The predicted molar refractivity (Wildman–Crippen MR) is 113 cm³/mol. The van der Waals surface area contributed by atoms with Gasteiger partial charge >= 0.3 is 23.3 Å². The standard InChI is InChI=1S/C19H21ClFN3O6S/c1-5-10(7-15(25)29-6-2)30-16(26)11-8-14(13(21)9-12(11)20)24-17(27)22(3)19(31)23(4)18(24)28/h8-10H,5-7H2,1-4H3. The molecule has 1 heterocycles. The fourth-order valence-corrected chi connectivity index (χ4v) is 3.12. The molecule has 9 nitrogen and oxygen atoms in total. The van der Waals surface area contributed by atoms with Crippen molar-refractivity contribution >= 4 is 35.8 Å². The molecule has 2 aromatic rings. The van der Waals surface area contributed by atoms with E-state index in [1.54, 1.807) is 13.8 Å². The fourth-order valence-electron chi connectivity index (χ4n) is 2.73. The number of benzene rings is 1. The van der Waals surface area contributed by atoms with Gasteiger partial charge in [-0.2, -0.15) is 0 Å². The molecule has 0 bridgehead atoms. The fraction of sp³-hybridized carbons (Fsp3) is 0.421. The molecule has 1 aromatic heterocycles. The van der Waals surface area contributed by atoms with Gasteiger partial charge in [0.25, 0.3) is 0 Å². The lowest BCUT2D eigenvalue weighted by atomic mass is 10.1. The molecule has 0 saturated heterocycles. The number of carbonyl (C=O) groups excluding carboxylic acids is 2.